The lowest BCUT2D eigenvalue weighted by molar-refractivity contribution is 0.0930. The Morgan fingerprint density at radius 1 is 1.38 bits per heavy atom. The Morgan fingerprint density at radius 2 is 2.12 bits per heavy atom. The van der Waals surface area contributed by atoms with E-state index in [4.69, 9.17) is 4.74 Å². The average molecular weight is 355 g/mol. The molecule has 0 radical (unpaired) electrons. The van der Waals surface area contributed by atoms with Crippen LogP contribution < -0.4 is 20.1 Å². The van der Waals surface area contributed by atoms with Crippen molar-refractivity contribution in [2.75, 3.05) is 20.2 Å². The normalized spacial score (nSPS) is 18.4. The Bertz CT molecular complexity index is 683. The van der Waals surface area contributed by atoms with Gasteiger partial charge < -0.3 is 15.4 Å². The predicted molar refractivity (Wildman–Crippen MR) is 91.8 cm³/mol. The van der Waals surface area contributed by atoms with Gasteiger partial charge in [0.25, 0.3) is 5.91 Å². The number of carbonyl (C=O) groups excluding carboxylic acids is 1. The number of hydrogen-bond donors (Lipinski definition) is 3. The molecule has 0 saturated carbocycles. The minimum Gasteiger partial charge on any atom is -0.495 e. The van der Waals surface area contributed by atoms with Gasteiger partial charge in [-0.05, 0) is 51.4 Å². The average Bonchev–Trinajstić information content (AvgIpc) is 2.54. The topological polar surface area (TPSA) is 96.5 Å². The number of sulfonamides is 1. The van der Waals surface area contributed by atoms with Crippen molar-refractivity contribution in [3.63, 3.8) is 0 Å². The van der Waals surface area contributed by atoms with Crippen LogP contribution in [0.15, 0.2) is 23.1 Å². The van der Waals surface area contributed by atoms with Gasteiger partial charge in [-0.3, -0.25) is 4.79 Å². The van der Waals surface area contributed by atoms with Crippen LogP contribution in [0.25, 0.3) is 0 Å². The smallest absolute Gasteiger partial charge is 0.251 e. The summed E-state index contributed by atoms with van der Waals surface area (Å²) in [5, 5.41) is 6.16. The van der Waals surface area contributed by atoms with Crippen molar-refractivity contribution < 1.29 is 17.9 Å². The largest absolute Gasteiger partial charge is 0.495 e. The second-order valence-electron chi connectivity index (χ2n) is 6.16. The number of piperidine rings is 1. The molecule has 0 unspecified atom stereocenters. The van der Waals surface area contributed by atoms with Gasteiger partial charge in [0, 0.05) is 24.2 Å². The van der Waals surface area contributed by atoms with E-state index < -0.39 is 10.0 Å². The van der Waals surface area contributed by atoms with Crippen LogP contribution in [0.3, 0.4) is 0 Å². The molecule has 1 amide bonds. The van der Waals surface area contributed by atoms with E-state index in [1.54, 1.807) is 19.9 Å². The fraction of sp³-hybridized carbons (Fsp3) is 0.562. The van der Waals surface area contributed by atoms with Crippen molar-refractivity contribution in [2.24, 2.45) is 0 Å². The van der Waals surface area contributed by atoms with Gasteiger partial charge in [-0.2, -0.15) is 0 Å². The summed E-state index contributed by atoms with van der Waals surface area (Å²) >= 11 is 0. The molecule has 0 bridgehead atoms. The van der Waals surface area contributed by atoms with E-state index in [0.29, 0.717) is 5.56 Å². The third-order valence-corrected chi connectivity index (χ3v) is 5.42. The number of benzene rings is 1. The van der Waals surface area contributed by atoms with Crippen LogP contribution in [-0.4, -0.2) is 46.6 Å². The molecule has 1 aromatic carbocycles. The summed E-state index contributed by atoms with van der Waals surface area (Å²) in [5.74, 6) is -0.0774. The van der Waals surface area contributed by atoms with E-state index in [1.807, 2.05) is 0 Å². The Labute approximate surface area is 143 Å². The summed E-state index contributed by atoms with van der Waals surface area (Å²) in [7, 11) is -2.36. The summed E-state index contributed by atoms with van der Waals surface area (Å²) in [4.78, 5) is 12.4. The SMILES string of the molecule is COc1ccc(C(=O)N[C@H]2CCCNC2)cc1S(=O)(=O)NC(C)C. The van der Waals surface area contributed by atoms with Gasteiger partial charge >= 0.3 is 0 Å². The third kappa shape index (κ3) is 4.68. The first-order valence-electron chi connectivity index (χ1n) is 8.05. The number of ether oxygens (including phenoxy) is 1. The number of methoxy groups -OCH3 is 1. The summed E-state index contributed by atoms with van der Waals surface area (Å²) in [6.45, 7) is 5.15. The Morgan fingerprint density at radius 3 is 2.71 bits per heavy atom. The van der Waals surface area contributed by atoms with E-state index in [0.717, 1.165) is 25.9 Å². The number of nitrogens with one attached hydrogen (secondary N) is 3. The van der Waals surface area contributed by atoms with Gasteiger partial charge in [0.05, 0.1) is 7.11 Å². The third-order valence-electron chi connectivity index (χ3n) is 3.74. The molecule has 1 heterocycles. The number of carbonyl (C=O) groups is 1. The van der Waals surface area contributed by atoms with Crippen LogP contribution in [0.2, 0.25) is 0 Å². The first-order valence-corrected chi connectivity index (χ1v) is 9.53. The molecule has 8 heteroatoms. The van der Waals surface area contributed by atoms with Crippen molar-refractivity contribution >= 4 is 15.9 Å². The zero-order valence-electron chi connectivity index (χ0n) is 14.3. The Kier molecular flexibility index (Phi) is 6.20. The zero-order chi connectivity index (χ0) is 17.7. The summed E-state index contributed by atoms with van der Waals surface area (Å²) in [5.41, 5.74) is 0.297. The zero-order valence-corrected chi connectivity index (χ0v) is 15.1. The Balaban J connectivity index is 2.25. The highest BCUT2D eigenvalue weighted by Crippen LogP contribution is 2.25. The highest BCUT2D eigenvalue weighted by atomic mass is 32.2. The van der Waals surface area contributed by atoms with Crippen molar-refractivity contribution in [2.45, 2.75) is 43.7 Å². The molecule has 1 fully saturated rings. The van der Waals surface area contributed by atoms with Crippen LogP contribution in [0, 0.1) is 0 Å². The first-order chi connectivity index (χ1) is 11.3. The number of amides is 1. The molecule has 0 aromatic heterocycles. The van der Waals surface area contributed by atoms with Crippen LogP contribution in [0.1, 0.15) is 37.0 Å². The van der Waals surface area contributed by atoms with Crippen LogP contribution in [0.5, 0.6) is 5.75 Å². The lowest BCUT2D eigenvalue weighted by Gasteiger charge is -2.24. The maximum atomic E-state index is 12.5. The molecule has 0 spiro atoms. The van der Waals surface area contributed by atoms with E-state index in [1.165, 1.54) is 19.2 Å². The van der Waals surface area contributed by atoms with Crippen LogP contribution >= 0.6 is 0 Å². The number of rotatable bonds is 6. The van der Waals surface area contributed by atoms with Gasteiger partial charge in [-0.25, -0.2) is 13.1 Å². The molecular formula is C16H25N3O4S. The van der Waals surface area contributed by atoms with Crippen molar-refractivity contribution in [1.29, 1.82) is 0 Å². The van der Waals surface area contributed by atoms with Crippen molar-refractivity contribution in [3.05, 3.63) is 23.8 Å². The molecule has 1 atom stereocenters. The molecule has 24 heavy (non-hydrogen) atoms. The minimum atomic E-state index is -3.76. The highest BCUT2D eigenvalue weighted by Gasteiger charge is 2.23. The van der Waals surface area contributed by atoms with Crippen LogP contribution in [0.4, 0.5) is 0 Å². The predicted octanol–water partition coefficient (Wildman–Crippen LogP) is 0.864. The lowest BCUT2D eigenvalue weighted by atomic mass is 10.1. The summed E-state index contributed by atoms with van der Waals surface area (Å²) in [6, 6.07) is 4.23. The van der Waals surface area contributed by atoms with E-state index in [2.05, 4.69) is 15.4 Å². The second-order valence-corrected chi connectivity index (χ2v) is 7.84. The van der Waals surface area contributed by atoms with E-state index >= 15 is 0 Å². The molecule has 1 aliphatic rings. The van der Waals surface area contributed by atoms with Gasteiger partial charge in [0.2, 0.25) is 10.0 Å². The molecular weight excluding hydrogens is 330 g/mol. The van der Waals surface area contributed by atoms with Crippen molar-refractivity contribution in [1.82, 2.24) is 15.4 Å². The molecule has 3 N–H and O–H groups in total. The molecule has 134 valence electrons. The van der Waals surface area contributed by atoms with Gasteiger partial charge in [-0.1, -0.05) is 0 Å². The van der Waals surface area contributed by atoms with E-state index in [-0.39, 0.29) is 28.6 Å². The molecule has 7 nitrogen and oxygen atoms in total. The molecule has 1 aromatic rings. The maximum Gasteiger partial charge on any atom is 0.251 e. The highest BCUT2D eigenvalue weighted by molar-refractivity contribution is 7.89. The standard InChI is InChI=1S/C16H25N3O4S/c1-11(2)19-24(21,22)15-9-12(6-7-14(15)23-3)16(20)18-13-5-4-8-17-10-13/h6-7,9,11,13,17,19H,4-5,8,10H2,1-3H3,(H,18,20)/t13-/m0/s1. The quantitative estimate of drug-likeness (QED) is 0.703. The molecule has 1 saturated heterocycles. The van der Waals surface area contributed by atoms with Crippen LogP contribution in [-0.2, 0) is 10.0 Å². The van der Waals surface area contributed by atoms with Gasteiger partial charge in [-0.15, -0.1) is 0 Å². The Hall–Kier alpha value is -1.64. The first kappa shape index (κ1) is 18.7. The van der Waals surface area contributed by atoms with Crippen molar-refractivity contribution in [3.8, 4) is 5.75 Å². The molecule has 2 rings (SSSR count). The maximum absolute atomic E-state index is 12.5. The van der Waals surface area contributed by atoms with Gasteiger partial charge in [0.15, 0.2) is 0 Å². The molecule has 0 aliphatic carbocycles. The minimum absolute atomic E-state index is 0.0341. The lowest BCUT2D eigenvalue weighted by Crippen LogP contribution is -2.45. The molecule has 1 aliphatic heterocycles. The van der Waals surface area contributed by atoms with E-state index in [9.17, 15) is 13.2 Å². The monoisotopic (exact) mass is 355 g/mol. The fourth-order valence-electron chi connectivity index (χ4n) is 2.65. The number of hydrogen-bond acceptors (Lipinski definition) is 5. The van der Waals surface area contributed by atoms with Gasteiger partial charge in [0.1, 0.15) is 10.6 Å². The summed E-state index contributed by atoms with van der Waals surface area (Å²) in [6.07, 6.45) is 1.92. The fourth-order valence-corrected chi connectivity index (χ4v) is 4.09. The second kappa shape index (κ2) is 7.96. The summed E-state index contributed by atoms with van der Waals surface area (Å²) < 4.78 is 32.6.